The molecule has 0 radical (unpaired) electrons. The predicted molar refractivity (Wildman–Crippen MR) is 79.6 cm³/mol. The Kier molecular flexibility index (Phi) is 4.26. The molecule has 4 atom stereocenters. The van der Waals surface area contributed by atoms with Gasteiger partial charge in [0.15, 0.2) is 8.32 Å². The second-order valence-electron chi connectivity index (χ2n) is 7.38. The fourth-order valence-electron chi connectivity index (χ4n) is 2.49. The van der Waals surface area contributed by atoms with Gasteiger partial charge in [0.05, 0.1) is 12.7 Å². The molecule has 0 aromatic rings. The van der Waals surface area contributed by atoms with Crippen molar-refractivity contribution in [1.29, 1.82) is 0 Å². The van der Waals surface area contributed by atoms with Crippen molar-refractivity contribution in [1.82, 2.24) is 0 Å². The first kappa shape index (κ1) is 15.2. The third-order valence-corrected chi connectivity index (χ3v) is 9.51. The summed E-state index contributed by atoms with van der Waals surface area (Å²) in [6.07, 6.45) is 5.88. The smallest absolute Gasteiger partial charge is 0.192 e. The van der Waals surface area contributed by atoms with Crippen LogP contribution in [0.5, 0.6) is 0 Å². The van der Waals surface area contributed by atoms with Gasteiger partial charge in [-0.25, -0.2) is 0 Å². The molecule has 110 valence electrons. The number of hydrogen-bond acceptors (Lipinski definition) is 3. The molecule has 4 heteroatoms. The molecular formula is C15H28O3Si. The second kappa shape index (κ2) is 5.32. The number of allylic oxidation sites excluding steroid dienone is 1. The molecular weight excluding hydrogens is 256 g/mol. The number of hydrogen-bond donors (Lipinski definition) is 1. The fourth-order valence-corrected chi connectivity index (χ4v) is 3.53. The molecule has 1 saturated heterocycles. The van der Waals surface area contributed by atoms with E-state index in [2.05, 4.69) is 46.0 Å². The van der Waals surface area contributed by atoms with Gasteiger partial charge in [0.2, 0.25) is 0 Å². The number of rotatable bonds is 5. The number of aliphatic hydroxyl groups excluding tert-OH is 1. The van der Waals surface area contributed by atoms with E-state index >= 15 is 0 Å². The highest BCUT2D eigenvalue weighted by Crippen LogP contribution is 2.42. The van der Waals surface area contributed by atoms with E-state index in [1.54, 1.807) is 0 Å². The molecule has 1 aliphatic heterocycles. The highest BCUT2D eigenvalue weighted by atomic mass is 28.4. The summed E-state index contributed by atoms with van der Waals surface area (Å²) in [4.78, 5) is 0. The molecule has 1 heterocycles. The Morgan fingerprint density at radius 2 is 2.05 bits per heavy atom. The number of epoxide rings is 1. The molecule has 0 unspecified atom stereocenters. The van der Waals surface area contributed by atoms with Gasteiger partial charge in [0.25, 0.3) is 0 Å². The first-order valence-electron chi connectivity index (χ1n) is 7.33. The summed E-state index contributed by atoms with van der Waals surface area (Å²) in [6.45, 7) is 12.4. The van der Waals surface area contributed by atoms with Crippen molar-refractivity contribution in [2.45, 2.75) is 57.5 Å². The Balaban J connectivity index is 1.87. The van der Waals surface area contributed by atoms with Crippen LogP contribution in [0.3, 0.4) is 0 Å². The molecule has 2 rings (SSSR count). The molecule has 0 saturated carbocycles. The van der Waals surface area contributed by atoms with Crippen LogP contribution in [-0.4, -0.2) is 38.8 Å². The second-order valence-corrected chi connectivity index (χ2v) is 12.2. The molecule has 0 aromatic heterocycles. The fraction of sp³-hybridized carbons (Fsp3) is 0.867. The third-order valence-electron chi connectivity index (χ3n) is 5.01. The average molecular weight is 284 g/mol. The Morgan fingerprint density at radius 3 is 2.58 bits per heavy atom. The minimum atomic E-state index is -1.67. The molecule has 3 nitrogen and oxygen atoms in total. The summed E-state index contributed by atoms with van der Waals surface area (Å²) in [7, 11) is -1.67. The molecule has 1 aliphatic carbocycles. The summed E-state index contributed by atoms with van der Waals surface area (Å²) in [5.41, 5.74) is 0. The van der Waals surface area contributed by atoms with Crippen LogP contribution in [0.1, 0.15) is 27.2 Å². The highest BCUT2D eigenvalue weighted by Gasteiger charge is 2.48. The molecule has 19 heavy (non-hydrogen) atoms. The van der Waals surface area contributed by atoms with Crippen molar-refractivity contribution >= 4 is 8.32 Å². The molecule has 0 bridgehead atoms. The molecule has 0 amide bonds. The van der Waals surface area contributed by atoms with Crippen molar-refractivity contribution in [2.24, 2.45) is 11.8 Å². The molecule has 0 aromatic carbocycles. The lowest BCUT2D eigenvalue weighted by Gasteiger charge is -2.37. The van der Waals surface area contributed by atoms with Crippen LogP contribution in [0.2, 0.25) is 18.1 Å². The minimum absolute atomic E-state index is 0.0697. The van der Waals surface area contributed by atoms with Gasteiger partial charge in [0, 0.05) is 12.5 Å². The van der Waals surface area contributed by atoms with E-state index in [0.29, 0.717) is 11.8 Å². The maximum absolute atomic E-state index is 9.12. The van der Waals surface area contributed by atoms with Crippen molar-refractivity contribution in [2.75, 3.05) is 13.2 Å². The molecule has 0 spiro atoms. The molecule has 2 aliphatic rings. The molecule has 1 fully saturated rings. The van der Waals surface area contributed by atoms with Gasteiger partial charge in [-0.1, -0.05) is 32.9 Å². The lowest BCUT2D eigenvalue weighted by atomic mass is 9.91. The van der Waals surface area contributed by atoms with E-state index in [-0.39, 0.29) is 23.9 Å². The first-order chi connectivity index (χ1) is 8.76. The largest absolute Gasteiger partial charge is 0.416 e. The number of aliphatic hydroxyl groups is 1. The predicted octanol–water partition coefficient (Wildman–Crippen LogP) is 2.96. The van der Waals surface area contributed by atoms with Crippen molar-refractivity contribution < 1.29 is 14.3 Å². The van der Waals surface area contributed by atoms with Crippen LogP contribution in [0.15, 0.2) is 12.2 Å². The Hall–Kier alpha value is -0.163. The van der Waals surface area contributed by atoms with E-state index in [4.69, 9.17) is 14.3 Å². The zero-order valence-electron chi connectivity index (χ0n) is 12.8. The lowest BCUT2D eigenvalue weighted by molar-refractivity contribution is 0.193. The quantitative estimate of drug-likeness (QED) is 0.479. The van der Waals surface area contributed by atoms with E-state index in [1.807, 2.05) is 0 Å². The topological polar surface area (TPSA) is 42.0 Å². The summed E-state index contributed by atoms with van der Waals surface area (Å²) in [5.74, 6) is 0.956. The summed E-state index contributed by atoms with van der Waals surface area (Å²) in [5, 5.41) is 9.38. The Morgan fingerprint density at radius 1 is 1.37 bits per heavy atom. The van der Waals surface area contributed by atoms with Crippen LogP contribution < -0.4 is 0 Å². The molecule has 1 N–H and O–H groups in total. The van der Waals surface area contributed by atoms with E-state index in [1.165, 1.54) is 0 Å². The van der Waals surface area contributed by atoms with Crippen LogP contribution in [0.4, 0.5) is 0 Å². The van der Waals surface area contributed by atoms with E-state index in [9.17, 15) is 0 Å². The minimum Gasteiger partial charge on any atom is -0.416 e. The number of ether oxygens (including phenoxy) is 1. The Labute approximate surface area is 118 Å². The summed E-state index contributed by atoms with van der Waals surface area (Å²) >= 11 is 0. The van der Waals surface area contributed by atoms with Crippen LogP contribution in [0, 0.1) is 11.8 Å². The van der Waals surface area contributed by atoms with Gasteiger partial charge in [0.1, 0.15) is 6.10 Å². The van der Waals surface area contributed by atoms with Crippen molar-refractivity contribution in [3.05, 3.63) is 12.2 Å². The lowest BCUT2D eigenvalue weighted by Crippen LogP contribution is -2.42. The zero-order valence-corrected chi connectivity index (χ0v) is 13.8. The van der Waals surface area contributed by atoms with Gasteiger partial charge >= 0.3 is 0 Å². The van der Waals surface area contributed by atoms with Gasteiger partial charge in [-0.05, 0) is 30.5 Å². The standard InChI is InChI=1S/C15H28O3Si/c1-15(2,3)19(4,5)17-10-11-7-6-8-12(11)14-13(9-16)18-14/h6-7,11-14,16H,8-10H2,1-5H3/t11-,12+,13+,14+/m0/s1. The van der Waals surface area contributed by atoms with Gasteiger partial charge in [-0.15, -0.1) is 0 Å². The average Bonchev–Trinajstić information content (AvgIpc) is 2.94. The van der Waals surface area contributed by atoms with Crippen molar-refractivity contribution in [3.63, 3.8) is 0 Å². The van der Waals surface area contributed by atoms with Gasteiger partial charge in [-0.2, -0.15) is 0 Å². The normalized spacial score (nSPS) is 34.8. The Bertz CT molecular complexity index is 346. The highest BCUT2D eigenvalue weighted by molar-refractivity contribution is 6.74. The van der Waals surface area contributed by atoms with Crippen LogP contribution >= 0.6 is 0 Å². The third kappa shape index (κ3) is 3.30. The van der Waals surface area contributed by atoms with Gasteiger partial charge in [-0.3, -0.25) is 0 Å². The summed E-state index contributed by atoms with van der Waals surface area (Å²) < 4.78 is 11.9. The van der Waals surface area contributed by atoms with E-state index < -0.39 is 8.32 Å². The summed E-state index contributed by atoms with van der Waals surface area (Å²) in [6, 6.07) is 0. The van der Waals surface area contributed by atoms with Crippen molar-refractivity contribution in [3.8, 4) is 0 Å². The first-order valence-corrected chi connectivity index (χ1v) is 10.2. The van der Waals surface area contributed by atoms with Gasteiger partial charge < -0.3 is 14.3 Å². The zero-order chi connectivity index (χ0) is 14.3. The monoisotopic (exact) mass is 284 g/mol. The maximum Gasteiger partial charge on any atom is 0.192 e. The van der Waals surface area contributed by atoms with Crippen LogP contribution in [0.25, 0.3) is 0 Å². The van der Waals surface area contributed by atoms with E-state index in [0.717, 1.165) is 13.0 Å². The maximum atomic E-state index is 9.12. The SMILES string of the molecule is CC(C)(C)[Si](C)(C)OC[C@@H]1C=CC[C@H]1[C@H]1O[C@@H]1CO. The van der Waals surface area contributed by atoms with Crippen LogP contribution in [-0.2, 0) is 9.16 Å².